The van der Waals surface area contributed by atoms with Crippen molar-refractivity contribution < 1.29 is 0 Å². The fraction of sp³-hybridized carbons (Fsp3) is 0.500. The third kappa shape index (κ3) is 1.42. The molecule has 0 aliphatic heterocycles. The summed E-state index contributed by atoms with van der Waals surface area (Å²) in [5.74, 6) is 1.40. The van der Waals surface area contributed by atoms with Crippen LogP contribution in [-0.2, 0) is 0 Å². The van der Waals surface area contributed by atoms with Gasteiger partial charge in [0.05, 0.1) is 0 Å². The summed E-state index contributed by atoms with van der Waals surface area (Å²) in [6.07, 6.45) is 7.19. The number of hydrogen-bond acceptors (Lipinski definition) is 2. The van der Waals surface area contributed by atoms with E-state index >= 15 is 0 Å². The third-order valence-corrected chi connectivity index (χ3v) is 2.63. The van der Waals surface area contributed by atoms with Gasteiger partial charge in [-0.3, -0.25) is 0 Å². The maximum atomic E-state index is 5.62. The second-order valence-electron chi connectivity index (χ2n) is 3.50. The van der Waals surface area contributed by atoms with Crippen molar-refractivity contribution in [2.45, 2.75) is 31.6 Å². The van der Waals surface area contributed by atoms with E-state index in [9.17, 15) is 0 Å². The molecule has 12 heavy (non-hydrogen) atoms. The summed E-state index contributed by atoms with van der Waals surface area (Å²) in [6, 6.07) is 4.10. The molecule has 1 aliphatic carbocycles. The highest BCUT2D eigenvalue weighted by Crippen LogP contribution is 2.33. The average Bonchev–Trinajstić information content (AvgIpc) is 2.56. The zero-order chi connectivity index (χ0) is 8.39. The summed E-state index contributed by atoms with van der Waals surface area (Å²) in [5.41, 5.74) is 6.99. The van der Waals surface area contributed by atoms with E-state index in [2.05, 4.69) is 11.1 Å². The average molecular weight is 162 g/mol. The minimum atomic E-state index is 0.652. The molecule has 0 atom stereocenters. The first kappa shape index (κ1) is 7.59. The first-order chi connectivity index (χ1) is 5.86. The van der Waals surface area contributed by atoms with Gasteiger partial charge in [0.2, 0.25) is 0 Å². The normalized spacial score (nSPS) is 18.3. The van der Waals surface area contributed by atoms with Gasteiger partial charge >= 0.3 is 0 Å². The van der Waals surface area contributed by atoms with Gasteiger partial charge in [-0.2, -0.15) is 0 Å². The van der Waals surface area contributed by atoms with Crippen molar-refractivity contribution in [2.24, 2.45) is 0 Å². The number of nitrogens with two attached hydrogens (primary N) is 1. The van der Waals surface area contributed by atoms with Crippen LogP contribution in [0.15, 0.2) is 18.3 Å². The highest BCUT2D eigenvalue weighted by atomic mass is 14.8. The van der Waals surface area contributed by atoms with Crippen molar-refractivity contribution in [1.82, 2.24) is 4.98 Å². The molecule has 0 spiro atoms. The zero-order valence-electron chi connectivity index (χ0n) is 7.16. The summed E-state index contributed by atoms with van der Waals surface area (Å²) >= 11 is 0. The Morgan fingerprint density at radius 1 is 1.33 bits per heavy atom. The van der Waals surface area contributed by atoms with Crippen LogP contribution in [0.1, 0.15) is 37.2 Å². The van der Waals surface area contributed by atoms with Crippen molar-refractivity contribution in [2.75, 3.05) is 5.73 Å². The van der Waals surface area contributed by atoms with E-state index in [0.29, 0.717) is 5.82 Å². The van der Waals surface area contributed by atoms with Crippen LogP contribution in [-0.4, -0.2) is 4.98 Å². The second kappa shape index (κ2) is 3.13. The lowest BCUT2D eigenvalue weighted by atomic mass is 9.99. The molecule has 0 aromatic carbocycles. The van der Waals surface area contributed by atoms with Crippen LogP contribution in [0.25, 0.3) is 0 Å². The van der Waals surface area contributed by atoms with Crippen LogP contribution >= 0.6 is 0 Å². The fourth-order valence-electron chi connectivity index (χ4n) is 1.98. The Labute approximate surface area is 72.8 Å². The highest BCUT2D eigenvalue weighted by molar-refractivity contribution is 5.33. The smallest absolute Gasteiger partial charge is 0.123 e. The minimum absolute atomic E-state index is 0.652. The molecule has 1 aromatic heterocycles. The van der Waals surface area contributed by atoms with Gasteiger partial charge in [-0.1, -0.05) is 12.8 Å². The van der Waals surface area contributed by atoms with Gasteiger partial charge in [0.1, 0.15) is 5.82 Å². The zero-order valence-corrected chi connectivity index (χ0v) is 7.16. The van der Waals surface area contributed by atoms with Gasteiger partial charge in [0, 0.05) is 6.20 Å². The van der Waals surface area contributed by atoms with E-state index in [1.54, 1.807) is 0 Å². The Kier molecular flexibility index (Phi) is 1.98. The lowest BCUT2D eigenvalue weighted by Crippen LogP contribution is -1.95. The van der Waals surface area contributed by atoms with E-state index in [4.69, 9.17) is 5.73 Å². The molecule has 1 saturated carbocycles. The molecule has 64 valence electrons. The number of hydrogen-bond donors (Lipinski definition) is 1. The van der Waals surface area contributed by atoms with Crippen molar-refractivity contribution in [3.8, 4) is 0 Å². The second-order valence-corrected chi connectivity index (χ2v) is 3.50. The first-order valence-corrected chi connectivity index (χ1v) is 4.58. The molecule has 1 fully saturated rings. The molecule has 0 saturated heterocycles. The topological polar surface area (TPSA) is 38.9 Å². The maximum absolute atomic E-state index is 5.62. The van der Waals surface area contributed by atoms with Crippen LogP contribution < -0.4 is 5.73 Å². The highest BCUT2D eigenvalue weighted by Gasteiger charge is 2.16. The summed E-state index contributed by atoms with van der Waals surface area (Å²) in [7, 11) is 0. The molecule has 0 radical (unpaired) electrons. The Bertz CT molecular complexity index is 264. The summed E-state index contributed by atoms with van der Waals surface area (Å²) in [6.45, 7) is 0. The van der Waals surface area contributed by atoms with E-state index in [1.165, 1.54) is 31.2 Å². The van der Waals surface area contributed by atoms with Crippen molar-refractivity contribution in [3.05, 3.63) is 23.9 Å². The molecule has 0 amide bonds. The van der Waals surface area contributed by atoms with E-state index in [1.807, 2.05) is 12.3 Å². The summed E-state index contributed by atoms with van der Waals surface area (Å²) < 4.78 is 0. The SMILES string of the molecule is Nc1cc(C2CCCC2)ccn1. The maximum Gasteiger partial charge on any atom is 0.123 e. The summed E-state index contributed by atoms with van der Waals surface area (Å²) in [5, 5.41) is 0. The lowest BCUT2D eigenvalue weighted by molar-refractivity contribution is 0.722. The van der Waals surface area contributed by atoms with Crippen molar-refractivity contribution >= 4 is 5.82 Å². The Hall–Kier alpha value is -1.05. The number of nitrogen functional groups attached to an aromatic ring is 1. The quantitative estimate of drug-likeness (QED) is 0.688. The van der Waals surface area contributed by atoms with E-state index in [-0.39, 0.29) is 0 Å². The fourth-order valence-corrected chi connectivity index (χ4v) is 1.98. The molecule has 2 nitrogen and oxygen atoms in total. The third-order valence-electron chi connectivity index (χ3n) is 2.63. The molecular weight excluding hydrogens is 148 g/mol. The summed E-state index contributed by atoms with van der Waals surface area (Å²) in [4.78, 5) is 3.99. The van der Waals surface area contributed by atoms with E-state index in [0.717, 1.165) is 5.92 Å². The number of aromatic nitrogens is 1. The molecular formula is C10H14N2. The van der Waals surface area contributed by atoms with Gasteiger partial charge < -0.3 is 5.73 Å². The number of nitrogens with zero attached hydrogens (tertiary/aromatic N) is 1. The Morgan fingerprint density at radius 2 is 2.08 bits per heavy atom. The monoisotopic (exact) mass is 162 g/mol. The number of pyridine rings is 1. The van der Waals surface area contributed by atoms with Gasteiger partial charge in [0.25, 0.3) is 0 Å². The van der Waals surface area contributed by atoms with Crippen LogP contribution in [0.4, 0.5) is 5.82 Å². The Balaban J connectivity index is 2.21. The number of anilines is 1. The van der Waals surface area contributed by atoms with Gasteiger partial charge in [0.15, 0.2) is 0 Å². The molecule has 2 N–H and O–H groups in total. The van der Waals surface area contributed by atoms with Crippen LogP contribution in [0.3, 0.4) is 0 Å². The standard InChI is InChI=1S/C10H14N2/c11-10-7-9(5-6-12-10)8-3-1-2-4-8/h5-8H,1-4H2,(H2,11,12). The molecule has 0 unspecified atom stereocenters. The van der Waals surface area contributed by atoms with Gasteiger partial charge in [-0.05, 0) is 36.5 Å². The molecule has 2 rings (SSSR count). The molecule has 1 aliphatic rings. The van der Waals surface area contributed by atoms with E-state index < -0.39 is 0 Å². The molecule has 1 heterocycles. The van der Waals surface area contributed by atoms with Crippen LogP contribution in [0.2, 0.25) is 0 Å². The minimum Gasteiger partial charge on any atom is -0.384 e. The van der Waals surface area contributed by atoms with Crippen LogP contribution in [0, 0.1) is 0 Å². The lowest BCUT2D eigenvalue weighted by Gasteiger charge is -2.08. The van der Waals surface area contributed by atoms with Gasteiger partial charge in [-0.15, -0.1) is 0 Å². The number of rotatable bonds is 1. The largest absolute Gasteiger partial charge is 0.384 e. The Morgan fingerprint density at radius 3 is 2.75 bits per heavy atom. The van der Waals surface area contributed by atoms with Crippen molar-refractivity contribution in [1.29, 1.82) is 0 Å². The predicted octanol–water partition coefficient (Wildman–Crippen LogP) is 2.32. The van der Waals surface area contributed by atoms with Gasteiger partial charge in [-0.25, -0.2) is 4.98 Å². The first-order valence-electron chi connectivity index (χ1n) is 4.58. The van der Waals surface area contributed by atoms with Crippen LogP contribution in [0.5, 0.6) is 0 Å². The molecule has 0 bridgehead atoms. The predicted molar refractivity (Wildman–Crippen MR) is 49.9 cm³/mol. The molecule has 2 heteroatoms. The molecule has 1 aromatic rings. The van der Waals surface area contributed by atoms with Crippen molar-refractivity contribution in [3.63, 3.8) is 0 Å².